The Morgan fingerprint density at radius 2 is 1.85 bits per heavy atom. The van der Waals surface area contributed by atoms with Crippen LogP contribution in [0.25, 0.3) is 10.8 Å². The number of nitrogens with two attached hydrogens (primary N) is 1. The van der Waals surface area contributed by atoms with E-state index in [9.17, 15) is 18.1 Å². The SMILES string of the molecule is Cc1cc(O)c2c(N=Nc3ccc(Nc4nc(Cl)nc(N(C)CCO)n4)cc3S(=O)(=O)O)c(N)c(C)cc2c1. The van der Waals surface area contributed by atoms with E-state index in [1.807, 2.05) is 13.0 Å². The van der Waals surface area contributed by atoms with E-state index in [4.69, 9.17) is 22.4 Å². The minimum Gasteiger partial charge on any atom is -0.507 e. The molecule has 4 rings (SSSR count). The number of aromatic nitrogens is 3. The average molecular weight is 573 g/mol. The summed E-state index contributed by atoms with van der Waals surface area (Å²) in [4.78, 5) is 13.2. The lowest BCUT2D eigenvalue weighted by molar-refractivity contribution is 0.303. The number of anilines is 4. The van der Waals surface area contributed by atoms with Gasteiger partial charge in [0.2, 0.25) is 17.2 Å². The van der Waals surface area contributed by atoms with Gasteiger partial charge in [0.05, 0.1) is 17.7 Å². The van der Waals surface area contributed by atoms with Gasteiger partial charge in [-0.05, 0) is 72.3 Å². The van der Waals surface area contributed by atoms with Gasteiger partial charge in [-0.2, -0.15) is 23.4 Å². The Balaban J connectivity index is 1.75. The van der Waals surface area contributed by atoms with Crippen LogP contribution in [0, 0.1) is 13.8 Å². The number of aliphatic hydroxyl groups excluding tert-OH is 1. The van der Waals surface area contributed by atoms with Gasteiger partial charge in [0.15, 0.2) is 0 Å². The van der Waals surface area contributed by atoms with E-state index in [0.29, 0.717) is 16.3 Å². The number of phenolic OH excluding ortho intramolecular Hbond substituents is 1. The molecule has 0 atom stereocenters. The zero-order valence-corrected chi connectivity index (χ0v) is 22.7. The van der Waals surface area contributed by atoms with Gasteiger partial charge >= 0.3 is 0 Å². The Morgan fingerprint density at radius 1 is 1.10 bits per heavy atom. The Labute approximate surface area is 228 Å². The van der Waals surface area contributed by atoms with Crippen molar-refractivity contribution < 1.29 is 23.2 Å². The van der Waals surface area contributed by atoms with Crippen molar-refractivity contribution in [3.63, 3.8) is 0 Å². The molecule has 0 aliphatic carbocycles. The molecule has 15 heteroatoms. The molecule has 0 amide bonds. The maximum atomic E-state index is 12.2. The average Bonchev–Trinajstić information content (AvgIpc) is 2.84. The van der Waals surface area contributed by atoms with Crippen molar-refractivity contribution in [1.29, 1.82) is 0 Å². The molecular formula is C24H25ClN8O5S. The summed E-state index contributed by atoms with van der Waals surface area (Å²) in [6.45, 7) is 3.71. The van der Waals surface area contributed by atoms with Crippen LogP contribution >= 0.6 is 11.6 Å². The summed E-state index contributed by atoms with van der Waals surface area (Å²) >= 11 is 5.99. The zero-order chi connectivity index (χ0) is 28.5. The number of fused-ring (bicyclic) bond motifs is 1. The second kappa shape index (κ2) is 10.9. The third-order valence-electron chi connectivity index (χ3n) is 5.71. The van der Waals surface area contributed by atoms with Crippen LogP contribution in [-0.4, -0.2) is 58.3 Å². The molecule has 3 aromatic carbocycles. The molecule has 6 N–H and O–H groups in total. The highest BCUT2D eigenvalue weighted by Gasteiger charge is 2.19. The zero-order valence-electron chi connectivity index (χ0n) is 21.1. The summed E-state index contributed by atoms with van der Waals surface area (Å²) in [6.07, 6.45) is 0. The maximum absolute atomic E-state index is 12.2. The molecule has 0 aliphatic rings. The van der Waals surface area contributed by atoms with Crippen LogP contribution in [0.2, 0.25) is 5.28 Å². The molecule has 1 aromatic heterocycles. The topological polar surface area (TPSA) is 200 Å². The number of hydrogen-bond donors (Lipinski definition) is 5. The predicted octanol–water partition coefficient (Wildman–Crippen LogP) is 4.42. The van der Waals surface area contributed by atoms with E-state index < -0.39 is 15.0 Å². The molecular weight excluding hydrogens is 548 g/mol. The van der Waals surface area contributed by atoms with Crippen LogP contribution in [-0.2, 0) is 10.1 Å². The normalized spacial score (nSPS) is 11.8. The van der Waals surface area contributed by atoms with E-state index in [1.165, 1.54) is 12.1 Å². The fourth-order valence-electron chi connectivity index (χ4n) is 3.83. The number of benzene rings is 3. The fourth-order valence-corrected chi connectivity index (χ4v) is 4.64. The largest absolute Gasteiger partial charge is 0.507 e. The van der Waals surface area contributed by atoms with E-state index in [0.717, 1.165) is 11.6 Å². The van der Waals surface area contributed by atoms with Crippen LogP contribution in [0.15, 0.2) is 51.5 Å². The van der Waals surface area contributed by atoms with Crippen LogP contribution in [0.1, 0.15) is 11.1 Å². The van der Waals surface area contributed by atoms with Gasteiger partial charge in [-0.3, -0.25) is 4.55 Å². The summed E-state index contributed by atoms with van der Waals surface area (Å²) in [7, 11) is -3.11. The maximum Gasteiger partial charge on any atom is 0.296 e. The van der Waals surface area contributed by atoms with Crippen molar-refractivity contribution in [2.24, 2.45) is 10.2 Å². The Bertz CT molecular complexity index is 1720. The first-order valence-electron chi connectivity index (χ1n) is 11.4. The monoisotopic (exact) mass is 572 g/mol. The molecule has 0 saturated heterocycles. The number of halogens is 1. The molecule has 0 fully saturated rings. The quantitative estimate of drug-likeness (QED) is 0.114. The van der Waals surface area contributed by atoms with Gasteiger partial charge in [0.25, 0.3) is 10.1 Å². The number of azo groups is 1. The summed E-state index contributed by atoms with van der Waals surface area (Å²) in [5, 5.41) is 31.7. The number of phenols is 1. The highest BCUT2D eigenvalue weighted by molar-refractivity contribution is 7.86. The predicted molar refractivity (Wildman–Crippen MR) is 148 cm³/mol. The second-order valence-electron chi connectivity index (χ2n) is 8.69. The number of hydrogen-bond acceptors (Lipinski definition) is 12. The smallest absolute Gasteiger partial charge is 0.296 e. The molecule has 0 unspecified atom stereocenters. The van der Waals surface area contributed by atoms with Crippen molar-refractivity contribution in [2.45, 2.75) is 18.7 Å². The van der Waals surface area contributed by atoms with Gasteiger partial charge in [0.1, 0.15) is 22.0 Å². The summed E-state index contributed by atoms with van der Waals surface area (Å²) in [5.74, 6) is 0.115. The lowest BCUT2D eigenvalue weighted by Gasteiger charge is -2.16. The molecule has 204 valence electrons. The summed E-state index contributed by atoms with van der Waals surface area (Å²) in [6, 6.07) is 9.12. The van der Waals surface area contributed by atoms with Crippen molar-refractivity contribution in [3.8, 4) is 5.75 Å². The first kappa shape index (κ1) is 27.9. The highest BCUT2D eigenvalue weighted by atomic mass is 35.5. The van der Waals surface area contributed by atoms with Crippen LogP contribution < -0.4 is 16.0 Å². The second-order valence-corrected chi connectivity index (χ2v) is 10.4. The van der Waals surface area contributed by atoms with Crippen LogP contribution in [0.3, 0.4) is 0 Å². The van der Waals surface area contributed by atoms with Gasteiger partial charge in [-0.25, -0.2) is 0 Å². The van der Waals surface area contributed by atoms with Crippen molar-refractivity contribution in [3.05, 3.63) is 52.8 Å². The molecule has 0 bridgehead atoms. The molecule has 0 radical (unpaired) electrons. The molecule has 4 aromatic rings. The van der Waals surface area contributed by atoms with Crippen LogP contribution in [0.5, 0.6) is 5.75 Å². The van der Waals surface area contributed by atoms with Crippen molar-refractivity contribution >= 4 is 67.1 Å². The minimum absolute atomic E-state index is 0.00442. The van der Waals surface area contributed by atoms with Gasteiger partial charge in [-0.1, -0.05) is 6.07 Å². The summed E-state index contributed by atoms with van der Waals surface area (Å²) < 4.78 is 34.4. The molecule has 0 aliphatic heterocycles. The number of aryl methyl sites for hydroxylation is 2. The first-order chi connectivity index (χ1) is 18.4. The van der Waals surface area contributed by atoms with Crippen LogP contribution in [0.4, 0.5) is 34.6 Å². The van der Waals surface area contributed by atoms with E-state index in [-0.39, 0.29) is 58.8 Å². The molecule has 39 heavy (non-hydrogen) atoms. The van der Waals surface area contributed by atoms with Gasteiger partial charge in [0, 0.05) is 19.3 Å². The van der Waals surface area contributed by atoms with E-state index in [1.54, 1.807) is 31.0 Å². The van der Waals surface area contributed by atoms with Gasteiger partial charge in [-0.15, -0.1) is 10.2 Å². The fraction of sp³-hybridized carbons (Fsp3) is 0.208. The first-order valence-corrected chi connectivity index (χ1v) is 13.3. The molecule has 13 nitrogen and oxygen atoms in total. The number of nitrogen functional groups attached to an aromatic ring is 1. The highest BCUT2D eigenvalue weighted by Crippen LogP contribution is 2.42. The number of nitrogens with one attached hydrogen (secondary N) is 1. The third kappa shape index (κ3) is 6.15. The summed E-state index contributed by atoms with van der Waals surface area (Å²) in [5.41, 5.74) is 8.17. The molecule has 1 heterocycles. The molecule has 0 spiro atoms. The Hall–Kier alpha value is -4.11. The number of rotatable bonds is 8. The Kier molecular flexibility index (Phi) is 7.83. The number of aromatic hydroxyl groups is 1. The Morgan fingerprint density at radius 3 is 2.54 bits per heavy atom. The lowest BCUT2D eigenvalue weighted by Crippen LogP contribution is -2.24. The van der Waals surface area contributed by atoms with Gasteiger partial charge < -0.3 is 26.2 Å². The number of likely N-dealkylation sites (N-methyl/N-ethyl adjacent to an activating group) is 1. The van der Waals surface area contributed by atoms with Crippen molar-refractivity contribution in [2.75, 3.05) is 36.1 Å². The van der Waals surface area contributed by atoms with E-state index in [2.05, 4.69) is 30.5 Å². The minimum atomic E-state index is -4.75. The standard InChI is InChI=1S/C24H25ClN8O5S/c1-12-8-14-10-13(2)20(26)21(19(14)17(35)9-12)32-31-16-5-4-15(11-18(16)39(36,37)38)27-23-28-22(25)29-24(30-23)33(3)6-7-34/h4-5,8-11,34-35H,6-7,26H2,1-3H3,(H,36,37,38)(H,27,28,29,30). The van der Waals surface area contributed by atoms with Crippen molar-refractivity contribution in [1.82, 2.24) is 15.0 Å². The molecule has 0 saturated carbocycles. The number of nitrogens with zero attached hydrogens (tertiary/aromatic N) is 6. The van der Waals surface area contributed by atoms with E-state index >= 15 is 0 Å². The lowest BCUT2D eigenvalue weighted by atomic mass is 10.0. The third-order valence-corrected chi connectivity index (χ3v) is 6.76. The number of aliphatic hydroxyl groups is 1.